The van der Waals surface area contributed by atoms with Crippen LogP contribution in [0.25, 0.3) is 20.9 Å². The van der Waals surface area contributed by atoms with Gasteiger partial charge in [-0.3, -0.25) is 9.59 Å². The first-order valence-electron chi connectivity index (χ1n) is 11.0. The molecule has 0 fully saturated rings. The molecule has 200 valence electrons. The molecule has 0 bridgehead atoms. The third-order valence-electron chi connectivity index (χ3n) is 3.56. The smallest absolute Gasteiger partial charge is 0.317 e. The van der Waals surface area contributed by atoms with Crippen molar-refractivity contribution in [3.05, 3.63) is 20.9 Å². The zero-order valence-electron chi connectivity index (χ0n) is 19.8. The summed E-state index contributed by atoms with van der Waals surface area (Å²) in [5.74, 6) is -1.41. The third kappa shape index (κ3) is 27.4. The molecule has 0 aromatic heterocycles. The minimum atomic E-state index is -0.705. The fourth-order valence-corrected chi connectivity index (χ4v) is 2.03. The molecule has 0 saturated carbocycles. The van der Waals surface area contributed by atoms with Crippen LogP contribution in [0, 0.1) is 0 Å². The van der Waals surface area contributed by atoms with Gasteiger partial charge >= 0.3 is 11.9 Å². The molecule has 0 spiro atoms. The monoisotopic (exact) mass is 506 g/mol. The van der Waals surface area contributed by atoms with Crippen LogP contribution >= 0.6 is 0 Å². The van der Waals surface area contributed by atoms with E-state index >= 15 is 0 Å². The Hall–Kier alpha value is -2.68. The second kappa shape index (κ2) is 27.6. The van der Waals surface area contributed by atoms with Gasteiger partial charge in [0.15, 0.2) is 0 Å². The van der Waals surface area contributed by atoms with Gasteiger partial charge in [0.05, 0.1) is 79.3 Å². The average molecular weight is 507 g/mol. The highest BCUT2D eigenvalue weighted by Gasteiger charge is 2.11. The second-order valence-corrected chi connectivity index (χ2v) is 6.20. The van der Waals surface area contributed by atoms with E-state index in [9.17, 15) is 9.59 Å². The predicted octanol–water partition coefficient (Wildman–Crippen LogP) is 1.18. The highest BCUT2D eigenvalue weighted by Crippen LogP contribution is 1.92. The molecule has 0 atom stereocenters. The number of carbonyl (C=O) groups excluding carboxylic acids is 2. The molecule has 0 rings (SSSR count). The van der Waals surface area contributed by atoms with Crippen LogP contribution in [-0.2, 0) is 47.5 Å². The number of ether oxygens (including phenoxy) is 8. The van der Waals surface area contributed by atoms with Gasteiger partial charge in [-0.25, -0.2) is 0 Å². The van der Waals surface area contributed by atoms with Crippen LogP contribution in [0.4, 0.5) is 0 Å². The van der Waals surface area contributed by atoms with E-state index in [0.29, 0.717) is 66.1 Å². The molecule has 16 nitrogen and oxygen atoms in total. The fourth-order valence-electron chi connectivity index (χ4n) is 2.03. The summed E-state index contributed by atoms with van der Waals surface area (Å²) in [5.41, 5.74) is 16.2. The standard InChI is InChI=1S/C19H34N6O10/c20-24-22-1-3-28-5-7-30-9-11-32-13-15-34-18(26)17-19(27)35-16-14-33-12-10-31-8-6-29-4-2-23-25-21/h1-17H2. The van der Waals surface area contributed by atoms with E-state index in [1.165, 1.54) is 0 Å². The Labute approximate surface area is 203 Å². The van der Waals surface area contributed by atoms with Gasteiger partial charge in [-0.1, -0.05) is 10.2 Å². The van der Waals surface area contributed by atoms with Crippen molar-refractivity contribution in [3.8, 4) is 0 Å². The van der Waals surface area contributed by atoms with Gasteiger partial charge in [-0.05, 0) is 11.1 Å². The van der Waals surface area contributed by atoms with Gasteiger partial charge in [0.25, 0.3) is 0 Å². The molecular weight excluding hydrogens is 472 g/mol. The molecule has 0 saturated heterocycles. The van der Waals surface area contributed by atoms with Crippen molar-refractivity contribution >= 4 is 11.9 Å². The molecule has 35 heavy (non-hydrogen) atoms. The molecule has 16 heteroatoms. The number of azide groups is 2. The summed E-state index contributed by atoms with van der Waals surface area (Å²) in [6.45, 7) is 4.47. The van der Waals surface area contributed by atoms with Crippen LogP contribution < -0.4 is 0 Å². The van der Waals surface area contributed by atoms with Gasteiger partial charge < -0.3 is 37.9 Å². The maximum Gasteiger partial charge on any atom is 0.317 e. The molecule has 0 unspecified atom stereocenters. The SMILES string of the molecule is [N-]=[N+]=NCCOCCOCCOCCOC(=O)CC(=O)OCCOCCOCCOCCN=[N+]=[N-]. The Morgan fingerprint density at radius 2 is 0.771 bits per heavy atom. The maximum absolute atomic E-state index is 11.6. The fraction of sp³-hybridized carbons (Fsp3) is 0.895. The van der Waals surface area contributed by atoms with E-state index in [-0.39, 0.29) is 39.5 Å². The zero-order chi connectivity index (χ0) is 25.7. The van der Waals surface area contributed by atoms with Crippen LogP contribution in [0.15, 0.2) is 10.2 Å². The largest absolute Gasteiger partial charge is 0.463 e. The molecule has 0 aliphatic rings. The van der Waals surface area contributed by atoms with E-state index in [1.807, 2.05) is 0 Å². The maximum atomic E-state index is 11.6. The molecule has 0 heterocycles. The molecule has 0 N–H and O–H groups in total. The molecule has 0 aliphatic carbocycles. The van der Waals surface area contributed by atoms with Crippen molar-refractivity contribution in [3.63, 3.8) is 0 Å². The van der Waals surface area contributed by atoms with Crippen LogP contribution in [0.3, 0.4) is 0 Å². The Balaban J connectivity index is 3.33. The molecular formula is C19H34N6O10. The first-order valence-corrected chi connectivity index (χ1v) is 11.0. The summed E-state index contributed by atoms with van der Waals surface area (Å²) in [7, 11) is 0. The minimum absolute atomic E-state index is 0.0105. The number of hydrogen-bond donors (Lipinski definition) is 0. The lowest BCUT2D eigenvalue weighted by Gasteiger charge is -2.08. The van der Waals surface area contributed by atoms with E-state index in [1.54, 1.807) is 0 Å². The summed E-state index contributed by atoms with van der Waals surface area (Å²) < 4.78 is 41.1. The zero-order valence-corrected chi connectivity index (χ0v) is 19.8. The van der Waals surface area contributed by atoms with Crippen molar-refractivity contribution in [2.45, 2.75) is 6.42 Å². The van der Waals surface area contributed by atoms with Crippen molar-refractivity contribution in [1.29, 1.82) is 0 Å². The van der Waals surface area contributed by atoms with E-state index in [0.717, 1.165) is 0 Å². The Kier molecular flexibility index (Phi) is 25.5. The first kappa shape index (κ1) is 32.3. The van der Waals surface area contributed by atoms with Crippen molar-refractivity contribution in [2.24, 2.45) is 10.2 Å². The number of nitrogens with zero attached hydrogens (tertiary/aromatic N) is 6. The molecule has 0 aromatic rings. The normalized spacial score (nSPS) is 10.3. The van der Waals surface area contributed by atoms with E-state index in [4.69, 9.17) is 49.0 Å². The number of rotatable bonds is 26. The highest BCUT2D eigenvalue weighted by molar-refractivity contribution is 5.91. The van der Waals surface area contributed by atoms with Gasteiger partial charge in [0, 0.05) is 22.9 Å². The van der Waals surface area contributed by atoms with Crippen LogP contribution in [0.1, 0.15) is 6.42 Å². The molecule has 0 radical (unpaired) electrons. The number of carbonyl (C=O) groups is 2. The van der Waals surface area contributed by atoms with Crippen LogP contribution in [0.2, 0.25) is 0 Å². The topological polar surface area (TPSA) is 205 Å². The van der Waals surface area contributed by atoms with E-state index < -0.39 is 18.4 Å². The lowest BCUT2D eigenvalue weighted by atomic mass is 10.4. The van der Waals surface area contributed by atoms with Crippen LogP contribution in [-0.4, -0.2) is 118 Å². The predicted molar refractivity (Wildman–Crippen MR) is 119 cm³/mol. The Morgan fingerprint density at radius 3 is 1.09 bits per heavy atom. The number of esters is 2. The molecule has 0 amide bonds. The highest BCUT2D eigenvalue weighted by atomic mass is 16.6. The minimum Gasteiger partial charge on any atom is -0.463 e. The Bertz CT molecular complexity index is 577. The molecule has 0 aliphatic heterocycles. The number of hydrogen-bond acceptors (Lipinski definition) is 12. The third-order valence-corrected chi connectivity index (χ3v) is 3.56. The van der Waals surface area contributed by atoms with Crippen LogP contribution in [0.5, 0.6) is 0 Å². The van der Waals surface area contributed by atoms with E-state index in [2.05, 4.69) is 20.1 Å². The summed E-state index contributed by atoms with van der Waals surface area (Å²) in [6.07, 6.45) is -0.494. The van der Waals surface area contributed by atoms with Crippen molar-refractivity contribution in [2.75, 3.05) is 106 Å². The summed E-state index contributed by atoms with van der Waals surface area (Å²) in [5, 5.41) is 6.66. The molecule has 0 aromatic carbocycles. The van der Waals surface area contributed by atoms with Gasteiger partial charge in [-0.2, -0.15) is 0 Å². The summed E-state index contributed by atoms with van der Waals surface area (Å²) in [6, 6.07) is 0. The van der Waals surface area contributed by atoms with Crippen molar-refractivity contribution < 1.29 is 47.5 Å². The quantitative estimate of drug-likeness (QED) is 0.0409. The lowest BCUT2D eigenvalue weighted by molar-refractivity contribution is -0.156. The van der Waals surface area contributed by atoms with Gasteiger partial charge in [0.1, 0.15) is 19.6 Å². The second-order valence-electron chi connectivity index (χ2n) is 6.20. The van der Waals surface area contributed by atoms with Crippen molar-refractivity contribution in [1.82, 2.24) is 0 Å². The Morgan fingerprint density at radius 1 is 0.486 bits per heavy atom. The first-order chi connectivity index (χ1) is 17.2. The summed E-state index contributed by atoms with van der Waals surface area (Å²) in [4.78, 5) is 28.3. The summed E-state index contributed by atoms with van der Waals surface area (Å²) >= 11 is 0. The van der Waals surface area contributed by atoms with Gasteiger partial charge in [-0.15, -0.1) is 0 Å². The van der Waals surface area contributed by atoms with Gasteiger partial charge in [0.2, 0.25) is 0 Å². The lowest BCUT2D eigenvalue weighted by Crippen LogP contribution is -2.19. The average Bonchev–Trinajstić information content (AvgIpc) is 2.85.